The van der Waals surface area contributed by atoms with Crippen LogP contribution in [0.5, 0.6) is 0 Å². The first kappa shape index (κ1) is 24.0. The Labute approximate surface area is 219 Å². The summed E-state index contributed by atoms with van der Waals surface area (Å²) in [6.07, 6.45) is 8.34. The van der Waals surface area contributed by atoms with E-state index in [1.54, 1.807) is 11.3 Å². The summed E-state index contributed by atoms with van der Waals surface area (Å²) in [5.74, 6) is 0. The predicted octanol–water partition coefficient (Wildman–Crippen LogP) is 4.44. The van der Waals surface area contributed by atoms with E-state index in [1.807, 2.05) is 17.3 Å². The molecule has 3 N–H and O–H groups in total. The van der Waals surface area contributed by atoms with Gasteiger partial charge < -0.3 is 25.2 Å². The van der Waals surface area contributed by atoms with Gasteiger partial charge in [0.05, 0.1) is 0 Å². The average Bonchev–Trinajstić information content (AvgIpc) is 3.41. The number of carbonyl (C=O) groups excluding carboxylic acids is 1. The fourth-order valence-electron chi connectivity index (χ4n) is 5.24. The minimum absolute atomic E-state index is 0.0424. The molecule has 194 valence electrons. The lowest BCUT2D eigenvalue weighted by atomic mass is 9.96. The third-order valence-electron chi connectivity index (χ3n) is 7.57. The van der Waals surface area contributed by atoms with E-state index in [0.29, 0.717) is 25.7 Å². The standard InChI is InChI=1S/C27H32N6O3S/c1-17-12-18(6-7-33(17)26(34)30-20-2-3-20)23-15-29-25-22(23)13-19(14-28-25)24-5-4-21(37-24)16-31-8-10-32(11-9-31)27(35)36/h4-5,12-15,17,20H,2-3,6-11,16H2,1H3,(H,28,29)(H,30,34)(H,35,36). The first-order chi connectivity index (χ1) is 17.9. The predicted molar refractivity (Wildman–Crippen MR) is 145 cm³/mol. The van der Waals surface area contributed by atoms with Gasteiger partial charge in [-0.15, -0.1) is 11.3 Å². The number of hydrogen-bond acceptors (Lipinski definition) is 5. The smallest absolute Gasteiger partial charge is 0.407 e. The number of H-pyrrole nitrogens is 1. The van der Waals surface area contributed by atoms with Gasteiger partial charge in [-0.1, -0.05) is 6.08 Å². The van der Waals surface area contributed by atoms with Gasteiger partial charge in [-0.25, -0.2) is 14.6 Å². The summed E-state index contributed by atoms with van der Waals surface area (Å²) in [6, 6.07) is 6.99. The molecule has 3 amide bonds. The van der Waals surface area contributed by atoms with Crippen molar-refractivity contribution in [1.29, 1.82) is 0 Å². The maximum Gasteiger partial charge on any atom is 0.407 e. The Balaban J connectivity index is 1.17. The molecule has 2 aliphatic heterocycles. The van der Waals surface area contributed by atoms with Crippen molar-refractivity contribution in [2.45, 2.75) is 44.8 Å². The van der Waals surface area contributed by atoms with E-state index in [2.05, 4.69) is 46.4 Å². The minimum Gasteiger partial charge on any atom is -0.465 e. The second kappa shape index (κ2) is 9.83. The van der Waals surface area contributed by atoms with Crippen LogP contribution >= 0.6 is 11.3 Å². The molecule has 3 aliphatic rings. The highest BCUT2D eigenvalue weighted by atomic mass is 32.1. The number of pyridine rings is 1. The Morgan fingerprint density at radius 3 is 2.73 bits per heavy atom. The quantitative estimate of drug-likeness (QED) is 0.462. The van der Waals surface area contributed by atoms with Gasteiger partial charge in [-0.05, 0) is 50.0 Å². The number of nitrogens with zero attached hydrogens (tertiary/aromatic N) is 4. The number of aromatic amines is 1. The third-order valence-corrected chi connectivity index (χ3v) is 8.69. The average molecular weight is 521 g/mol. The van der Waals surface area contributed by atoms with Crippen molar-refractivity contribution in [1.82, 2.24) is 30.0 Å². The highest BCUT2D eigenvalue weighted by Crippen LogP contribution is 2.35. The first-order valence-corrected chi connectivity index (χ1v) is 13.8. The Hall–Kier alpha value is -3.37. The highest BCUT2D eigenvalue weighted by Gasteiger charge is 2.30. The van der Waals surface area contributed by atoms with Crippen LogP contribution in [0.1, 0.15) is 36.6 Å². The van der Waals surface area contributed by atoms with Crippen molar-refractivity contribution in [3.8, 4) is 10.4 Å². The summed E-state index contributed by atoms with van der Waals surface area (Å²) in [4.78, 5) is 39.9. The molecule has 1 atom stereocenters. The van der Waals surface area contributed by atoms with Gasteiger partial charge in [-0.2, -0.15) is 0 Å². The fraction of sp³-hybridized carbons (Fsp3) is 0.444. The maximum absolute atomic E-state index is 12.6. The summed E-state index contributed by atoms with van der Waals surface area (Å²) in [7, 11) is 0. The van der Waals surface area contributed by atoms with Crippen molar-refractivity contribution in [3.05, 3.63) is 47.1 Å². The lowest BCUT2D eigenvalue weighted by Gasteiger charge is -2.32. The molecule has 0 radical (unpaired) electrons. The topological polar surface area (TPSA) is 105 Å². The summed E-state index contributed by atoms with van der Waals surface area (Å²) >= 11 is 1.77. The van der Waals surface area contributed by atoms with E-state index < -0.39 is 6.09 Å². The Morgan fingerprint density at radius 1 is 1.19 bits per heavy atom. The van der Waals surface area contributed by atoms with E-state index in [-0.39, 0.29) is 12.1 Å². The zero-order chi connectivity index (χ0) is 25.5. The first-order valence-electron chi connectivity index (χ1n) is 13.0. The summed E-state index contributed by atoms with van der Waals surface area (Å²) in [5, 5.41) is 13.4. The van der Waals surface area contributed by atoms with E-state index in [4.69, 9.17) is 10.1 Å². The van der Waals surface area contributed by atoms with Crippen molar-refractivity contribution in [3.63, 3.8) is 0 Å². The largest absolute Gasteiger partial charge is 0.465 e. The van der Waals surface area contributed by atoms with E-state index in [9.17, 15) is 9.59 Å². The molecular formula is C27H32N6O3S. The molecule has 3 aromatic rings. The molecule has 9 nitrogen and oxygen atoms in total. The zero-order valence-corrected chi connectivity index (χ0v) is 21.8. The number of urea groups is 1. The fourth-order valence-corrected chi connectivity index (χ4v) is 6.28. The molecule has 2 fully saturated rings. The van der Waals surface area contributed by atoms with Crippen LogP contribution in [0.3, 0.4) is 0 Å². The molecule has 1 saturated heterocycles. The minimum atomic E-state index is -0.833. The van der Waals surface area contributed by atoms with Crippen LogP contribution in [0.4, 0.5) is 9.59 Å². The zero-order valence-electron chi connectivity index (χ0n) is 20.9. The van der Waals surface area contributed by atoms with Gasteiger partial charge in [-0.3, -0.25) is 4.90 Å². The van der Waals surface area contributed by atoms with Crippen LogP contribution in [0.2, 0.25) is 0 Å². The SMILES string of the molecule is CC1C=C(c2c[nH]c3ncc(-c4ccc(CN5CCN(C(=O)O)CC5)s4)cc23)CCN1C(=O)NC1CC1. The summed E-state index contributed by atoms with van der Waals surface area (Å²) in [6.45, 7) is 6.25. The lowest BCUT2D eigenvalue weighted by Crippen LogP contribution is -2.47. The number of thiophene rings is 1. The molecule has 6 rings (SSSR count). The second-order valence-corrected chi connectivity index (χ2v) is 11.4. The molecule has 0 spiro atoms. The molecule has 1 unspecified atom stereocenters. The van der Waals surface area contributed by atoms with E-state index in [1.165, 1.54) is 20.2 Å². The maximum atomic E-state index is 12.6. The second-order valence-electron chi connectivity index (χ2n) is 10.2. The molecule has 0 aromatic carbocycles. The monoisotopic (exact) mass is 520 g/mol. The summed E-state index contributed by atoms with van der Waals surface area (Å²) in [5.41, 5.74) is 4.37. The van der Waals surface area contributed by atoms with Crippen LogP contribution in [0.15, 0.2) is 36.7 Å². The van der Waals surface area contributed by atoms with E-state index in [0.717, 1.165) is 61.1 Å². The van der Waals surface area contributed by atoms with Crippen LogP contribution in [0.25, 0.3) is 27.0 Å². The lowest BCUT2D eigenvalue weighted by molar-refractivity contribution is 0.103. The van der Waals surface area contributed by atoms with Gasteiger partial charge in [0.15, 0.2) is 0 Å². The number of rotatable bonds is 5. The van der Waals surface area contributed by atoms with Crippen LogP contribution < -0.4 is 5.32 Å². The number of piperazine rings is 1. The number of carbonyl (C=O) groups is 2. The van der Waals surface area contributed by atoms with Crippen molar-refractivity contribution >= 4 is 40.1 Å². The summed E-state index contributed by atoms with van der Waals surface area (Å²) < 4.78 is 0. The van der Waals surface area contributed by atoms with E-state index >= 15 is 0 Å². The van der Waals surface area contributed by atoms with Crippen molar-refractivity contribution in [2.24, 2.45) is 0 Å². The third kappa shape index (κ3) is 5.08. The molecule has 37 heavy (non-hydrogen) atoms. The normalized spacial score (nSPS) is 20.8. The molecule has 5 heterocycles. The van der Waals surface area contributed by atoms with Gasteiger partial charge in [0.2, 0.25) is 0 Å². The van der Waals surface area contributed by atoms with Crippen LogP contribution in [-0.4, -0.2) is 86.7 Å². The number of nitrogens with one attached hydrogen (secondary N) is 2. The van der Waals surface area contributed by atoms with Crippen molar-refractivity contribution in [2.75, 3.05) is 32.7 Å². The number of hydrogen-bond donors (Lipinski definition) is 3. The van der Waals surface area contributed by atoms with Crippen molar-refractivity contribution < 1.29 is 14.7 Å². The molecule has 10 heteroatoms. The molecular weight excluding hydrogens is 488 g/mol. The number of amides is 3. The van der Waals surface area contributed by atoms with Gasteiger partial charge in [0.25, 0.3) is 0 Å². The Morgan fingerprint density at radius 2 is 2.00 bits per heavy atom. The molecule has 3 aromatic heterocycles. The van der Waals surface area contributed by atoms with Crippen LogP contribution in [0, 0.1) is 0 Å². The highest BCUT2D eigenvalue weighted by molar-refractivity contribution is 7.15. The Kier molecular flexibility index (Phi) is 6.37. The molecule has 1 aliphatic carbocycles. The Bertz CT molecular complexity index is 1350. The van der Waals surface area contributed by atoms with Gasteiger partial charge in [0.1, 0.15) is 5.65 Å². The molecule has 1 saturated carbocycles. The van der Waals surface area contributed by atoms with Gasteiger partial charge in [0, 0.05) is 90.0 Å². The van der Waals surface area contributed by atoms with Gasteiger partial charge >= 0.3 is 12.1 Å². The number of fused-ring (bicyclic) bond motifs is 1. The number of carboxylic acid groups (broad SMARTS) is 1. The van der Waals surface area contributed by atoms with Crippen LogP contribution in [-0.2, 0) is 6.54 Å². The number of aromatic nitrogens is 2. The molecule has 0 bridgehead atoms.